The highest BCUT2D eigenvalue weighted by atomic mass is 35.5. The molecule has 0 unspecified atom stereocenters. The summed E-state index contributed by atoms with van der Waals surface area (Å²) in [5.41, 5.74) is 1.71. The highest BCUT2D eigenvalue weighted by Gasteiger charge is 2.34. The molecule has 3 aromatic rings. The molecule has 0 bridgehead atoms. The molecule has 0 aliphatic heterocycles. The summed E-state index contributed by atoms with van der Waals surface area (Å²) in [5.74, 6) is -0.758. The molecule has 0 aliphatic carbocycles. The summed E-state index contributed by atoms with van der Waals surface area (Å²) in [4.78, 5) is 8.23. The number of halogens is 1. The van der Waals surface area contributed by atoms with Crippen molar-refractivity contribution in [1.29, 1.82) is 0 Å². The Morgan fingerprint density at radius 1 is 1.04 bits per heavy atom. The third kappa shape index (κ3) is 3.83. The van der Waals surface area contributed by atoms with Gasteiger partial charge in [0.15, 0.2) is 6.23 Å². The van der Waals surface area contributed by atoms with Crippen LogP contribution in [0.3, 0.4) is 0 Å². The fourth-order valence-corrected chi connectivity index (χ4v) is 3.34. The maximum absolute atomic E-state index is 10.6. The topological polar surface area (TPSA) is 112 Å². The van der Waals surface area contributed by atoms with Gasteiger partial charge < -0.3 is 25.0 Å². The summed E-state index contributed by atoms with van der Waals surface area (Å²) in [6, 6.07) is 8.38. The second-order valence-corrected chi connectivity index (χ2v) is 7.11. The first-order valence-electron chi connectivity index (χ1n) is 8.57. The summed E-state index contributed by atoms with van der Waals surface area (Å²) < 4.78 is 1.37. The molecule has 27 heavy (non-hydrogen) atoms. The minimum Gasteiger partial charge on any atom is -0.390 e. The van der Waals surface area contributed by atoms with Crippen molar-refractivity contribution in [1.82, 2.24) is 14.5 Å². The monoisotopic (exact) mass is 391 g/mol. The lowest BCUT2D eigenvalue weighted by Crippen LogP contribution is -2.41. The van der Waals surface area contributed by atoms with Gasteiger partial charge in [0.05, 0.1) is 17.9 Å². The molecule has 2 aromatic heterocycles. The van der Waals surface area contributed by atoms with Crippen molar-refractivity contribution in [2.75, 3.05) is 0 Å². The summed E-state index contributed by atoms with van der Waals surface area (Å²) in [6.45, 7) is 3.40. The van der Waals surface area contributed by atoms with Crippen molar-refractivity contribution in [3.05, 3.63) is 59.1 Å². The second-order valence-electron chi connectivity index (χ2n) is 6.67. The Morgan fingerprint density at radius 3 is 2.48 bits per heavy atom. The van der Waals surface area contributed by atoms with Crippen LogP contribution < -0.4 is 0 Å². The predicted molar refractivity (Wildman–Crippen MR) is 101 cm³/mol. The van der Waals surface area contributed by atoms with Gasteiger partial charge in [0.1, 0.15) is 18.1 Å². The molecule has 0 amide bonds. The van der Waals surface area contributed by atoms with Crippen LogP contribution in [0.5, 0.6) is 0 Å². The van der Waals surface area contributed by atoms with Gasteiger partial charge in [-0.3, -0.25) is 0 Å². The van der Waals surface area contributed by atoms with Crippen LogP contribution in [0.25, 0.3) is 11.0 Å². The molecule has 0 aliphatic rings. The molecular formula is C19H22ClN3O4. The summed E-state index contributed by atoms with van der Waals surface area (Å²) in [5, 5.41) is 43.3. The van der Waals surface area contributed by atoms with Crippen LogP contribution >= 0.6 is 11.6 Å². The molecule has 0 fully saturated rings. The van der Waals surface area contributed by atoms with E-state index in [-0.39, 0.29) is 0 Å². The number of aliphatic hydroxyl groups excluding tert-OH is 4. The third-order valence-corrected chi connectivity index (χ3v) is 5.11. The first-order valence-corrected chi connectivity index (χ1v) is 8.95. The van der Waals surface area contributed by atoms with Crippen molar-refractivity contribution in [3.8, 4) is 0 Å². The Labute approximate surface area is 161 Å². The van der Waals surface area contributed by atoms with Crippen molar-refractivity contribution in [2.24, 2.45) is 5.92 Å². The molecule has 144 valence electrons. The summed E-state index contributed by atoms with van der Waals surface area (Å²) in [6.07, 6.45) is -2.50. The van der Waals surface area contributed by atoms with Crippen molar-refractivity contribution < 1.29 is 20.4 Å². The van der Waals surface area contributed by atoms with E-state index >= 15 is 0 Å². The number of aromatic nitrogens is 3. The molecule has 8 heteroatoms. The molecule has 3 rings (SSSR count). The highest BCUT2D eigenvalue weighted by Crippen LogP contribution is 2.30. The van der Waals surface area contributed by atoms with Crippen LogP contribution in [0.1, 0.15) is 30.5 Å². The van der Waals surface area contributed by atoms with Gasteiger partial charge in [0.2, 0.25) is 0 Å². The van der Waals surface area contributed by atoms with Crippen LogP contribution in [0.4, 0.5) is 0 Å². The molecule has 0 saturated heterocycles. The SMILES string of the molecule is Cc1ncnc2c1ccn2[C@H](O)[C@H](O)[C@H](O)[C@H](C)[C@H](O)c1cccc(Cl)c1. The van der Waals surface area contributed by atoms with Gasteiger partial charge in [-0.05, 0) is 30.7 Å². The predicted octanol–water partition coefficient (Wildman–Crippen LogP) is 1.98. The summed E-state index contributed by atoms with van der Waals surface area (Å²) >= 11 is 5.94. The van der Waals surface area contributed by atoms with E-state index < -0.39 is 30.5 Å². The first-order chi connectivity index (χ1) is 12.8. The maximum atomic E-state index is 10.6. The van der Waals surface area contributed by atoms with E-state index in [2.05, 4.69) is 9.97 Å². The zero-order chi connectivity index (χ0) is 19.7. The van der Waals surface area contributed by atoms with Gasteiger partial charge >= 0.3 is 0 Å². The Kier molecular flexibility index (Phi) is 5.78. The van der Waals surface area contributed by atoms with E-state index in [1.165, 1.54) is 10.9 Å². The molecule has 2 heterocycles. The molecule has 0 spiro atoms. The van der Waals surface area contributed by atoms with E-state index in [0.717, 1.165) is 11.1 Å². The number of aryl methyl sites for hydroxylation is 1. The fourth-order valence-electron chi connectivity index (χ4n) is 3.14. The number of benzene rings is 1. The average Bonchev–Trinajstić information content (AvgIpc) is 3.10. The van der Waals surface area contributed by atoms with Crippen molar-refractivity contribution in [3.63, 3.8) is 0 Å². The van der Waals surface area contributed by atoms with E-state index in [0.29, 0.717) is 16.2 Å². The summed E-state index contributed by atoms with van der Waals surface area (Å²) in [7, 11) is 0. The van der Waals surface area contributed by atoms with Crippen molar-refractivity contribution in [2.45, 2.75) is 38.4 Å². The Bertz CT molecular complexity index is 932. The number of hydrogen-bond acceptors (Lipinski definition) is 6. The van der Waals surface area contributed by atoms with Gasteiger partial charge in [0, 0.05) is 22.5 Å². The van der Waals surface area contributed by atoms with Gasteiger partial charge in [-0.2, -0.15) is 0 Å². The molecule has 4 N–H and O–H groups in total. The second kappa shape index (κ2) is 7.92. The quantitative estimate of drug-likeness (QED) is 0.511. The standard InChI is InChI=1S/C19H22ClN3O4/c1-10(15(24)12-4-3-5-13(20)8-12)16(25)17(26)19(27)23-7-6-14-11(2)21-9-22-18(14)23/h3-10,15-17,19,24-27H,1-2H3/t10-,15+,16-,17-,19-/m1/s1. The van der Waals surface area contributed by atoms with E-state index in [1.54, 1.807) is 43.5 Å². The minimum absolute atomic E-state index is 0.448. The Balaban J connectivity index is 1.81. The van der Waals surface area contributed by atoms with Gasteiger partial charge in [-0.1, -0.05) is 30.7 Å². The number of hydrogen-bond donors (Lipinski definition) is 4. The number of nitrogens with zero attached hydrogens (tertiary/aromatic N) is 3. The average molecular weight is 392 g/mol. The molecule has 0 saturated carbocycles. The van der Waals surface area contributed by atoms with Crippen LogP contribution in [0.2, 0.25) is 5.02 Å². The third-order valence-electron chi connectivity index (χ3n) is 4.88. The van der Waals surface area contributed by atoms with Crippen LogP contribution in [-0.2, 0) is 0 Å². The van der Waals surface area contributed by atoms with Gasteiger partial charge in [0.25, 0.3) is 0 Å². The van der Waals surface area contributed by atoms with Crippen LogP contribution in [-0.4, -0.2) is 47.2 Å². The molecular weight excluding hydrogens is 370 g/mol. The zero-order valence-corrected chi connectivity index (χ0v) is 15.7. The number of aliphatic hydroxyl groups is 4. The van der Waals surface area contributed by atoms with E-state index in [1.807, 2.05) is 6.92 Å². The lowest BCUT2D eigenvalue weighted by molar-refractivity contribution is -0.121. The molecule has 7 nitrogen and oxygen atoms in total. The first kappa shape index (κ1) is 19.7. The van der Waals surface area contributed by atoms with Gasteiger partial charge in [-0.15, -0.1) is 0 Å². The van der Waals surface area contributed by atoms with Crippen LogP contribution in [0, 0.1) is 12.8 Å². The molecule has 0 radical (unpaired) electrons. The van der Waals surface area contributed by atoms with E-state index in [4.69, 9.17) is 11.6 Å². The number of rotatable bonds is 6. The van der Waals surface area contributed by atoms with Crippen LogP contribution in [0.15, 0.2) is 42.9 Å². The molecule has 1 aromatic carbocycles. The van der Waals surface area contributed by atoms with Crippen molar-refractivity contribution >= 4 is 22.6 Å². The maximum Gasteiger partial charge on any atom is 0.160 e. The normalized spacial score (nSPS) is 17.4. The lowest BCUT2D eigenvalue weighted by Gasteiger charge is -2.31. The zero-order valence-electron chi connectivity index (χ0n) is 14.9. The molecule has 5 atom stereocenters. The Hall–Kier alpha value is -2.03. The van der Waals surface area contributed by atoms with E-state index in [9.17, 15) is 20.4 Å². The lowest BCUT2D eigenvalue weighted by atomic mass is 9.89. The Morgan fingerprint density at radius 2 is 1.78 bits per heavy atom. The smallest absolute Gasteiger partial charge is 0.160 e. The fraction of sp³-hybridized carbons (Fsp3) is 0.368. The largest absolute Gasteiger partial charge is 0.390 e. The highest BCUT2D eigenvalue weighted by molar-refractivity contribution is 6.30. The minimum atomic E-state index is -1.54. The number of fused-ring (bicyclic) bond motifs is 1. The van der Waals surface area contributed by atoms with Gasteiger partial charge in [-0.25, -0.2) is 9.97 Å².